The third-order valence-electron chi connectivity index (χ3n) is 5.32. The maximum atomic E-state index is 13.4. The predicted octanol–water partition coefficient (Wildman–Crippen LogP) is 4.03. The molecule has 4 rings (SSSR count). The Kier molecular flexibility index (Phi) is 6.18. The predicted molar refractivity (Wildman–Crippen MR) is 112 cm³/mol. The average molecular weight is 410 g/mol. The van der Waals surface area contributed by atoms with Gasteiger partial charge >= 0.3 is 0 Å². The van der Waals surface area contributed by atoms with E-state index in [2.05, 4.69) is 15.3 Å². The molecule has 1 amide bonds. The number of likely N-dealkylation sites (tertiary alicyclic amines) is 1. The molecule has 1 aromatic heterocycles. The lowest BCUT2D eigenvalue weighted by Crippen LogP contribution is -2.38. The first-order chi connectivity index (χ1) is 14.6. The van der Waals surface area contributed by atoms with Gasteiger partial charge in [0.25, 0.3) is 5.91 Å². The number of nitrogens with zero attached hydrogens (tertiary/aromatic N) is 3. The SMILES string of the molecule is O=C(NCCN1CCCCC1)c1cc(-c2ccc(F)cc2)nn1-c1ccc(F)cc1. The van der Waals surface area contributed by atoms with Crippen LogP contribution in [0.2, 0.25) is 0 Å². The van der Waals surface area contributed by atoms with Crippen molar-refractivity contribution in [1.29, 1.82) is 0 Å². The van der Waals surface area contributed by atoms with Gasteiger partial charge in [-0.1, -0.05) is 6.42 Å². The molecule has 0 radical (unpaired) electrons. The quantitative estimate of drug-likeness (QED) is 0.668. The van der Waals surface area contributed by atoms with Gasteiger partial charge in [-0.15, -0.1) is 0 Å². The molecular formula is C23H24F2N4O. The van der Waals surface area contributed by atoms with Gasteiger partial charge in [0, 0.05) is 18.7 Å². The van der Waals surface area contributed by atoms with Crippen molar-refractivity contribution < 1.29 is 13.6 Å². The molecular weight excluding hydrogens is 386 g/mol. The molecule has 1 saturated heterocycles. The molecule has 30 heavy (non-hydrogen) atoms. The second-order valence-corrected chi connectivity index (χ2v) is 7.47. The van der Waals surface area contributed by atoms with Crippen molar-refractivity contribution in [1.82, 2.24) is 20.0 Å². The van der Waals surface area contributed by atoms with E-state index in [9.17, 15) is 13.6 Å². The zero-order chi connectivity index (χ0) is 20.9. The molecule has 0 bridgehead atoms. The Bertz CT molecular complexity index is 993. The Balaban J connectivity index is 1.56. The maximum absolute atomic E-state index is 13.4. The number of nitrogens with one attached hydrogen (secondary N) is 1. The highest BCUT2D eigenvalue weighted by molar-refractivity contribution is 5.94. The van der Waals surface area contributed by atoms with Crippen molar-refractivity contribution in [2.45, 2.75) is 19.3 Å². The number of hydrogen-bond donors (Lipinski definition) is 1. The fourth-order valence-corrected chi connectivity index (χ4v) is 3.68. The van der Waals surface area contributed by atoms with E-state index in [4.69, 9.17) is 0 Å². The molecule has 2 aromatic carbocycles. The van der Waals surface area contributed by atoms with Crippen molar-refractivity contribution in [3.63, 3.8) is 0 Å². The maximum Gasteiger partial charge on any atom is 0.270 e. The molecule has 156 valence electrons. The van der Waals surface area contributed by atoms with Crippen molar-refractivity contribution in [2.24, 2.45) is 0 Å². The molecule has 3 aromatic rings. The average Bonchev–Trinajstić information content (AvgIpc) is 3.21. The number of carbonyl (C=O) groups excluding carboxylic acids is 1. The van der Waals surface area contributed by atoms with Crippen LogP contribution in [0.3, 0.4) is 0 Å². The number of aromatic nitrogens is 2. The Hall–Kier alpha value is -3.06. The van der Waals surface area contributed by atoms with Crippen LogP contribution in [-0.4, -0.2) is 46.8 Å². The van der Waals surface area contributed by atoms with Crippen LogP contribution in [0.15, 0.2) is 54.6 Å². The largest absolute Gasteiger partial charge is 0.349 e. The van der Waals surface area contributed by atoms with E-state index in [0.29, 0.717) is 29.2 Å². The van der Waals surface area contributed by atoms with Crippen LogP contribution < -0.4 is 5.32 Å². The van der Waals surface area contributed by atoms with Gasteiger partial charge in [0.1, 0.15) is 17.3 Å². The summed E-state index contributed by atoms with van der Waals surface area (Å²) in [5.41, 5.74) is 2.16. The Morgan fingerprint density at radius 3 is 2.23 bits per heavy atom. The van der Waals surface area contributed by atoms with Gasteiger partial charge < -0.3 is 10.2 Å². The molecule has 5 nitrogen and oxygen atoms in total. The number of carbonyl (C=O) groups is 1. The van der Waals surface area contributed by atoms with Crippen molar-refractivity contribution in [3.8, 4) is 16.9 Å². The van der Waals surface area contributed by atoms with Crippen LogP contribution in [0.1, 0.15) is 29.8 Å². The Morgan fingerprint density at radius 2 is 1.57 bits per heavy atom. The van der Waals surface area contributed by atoms with Crippen molar-refractivity contribution in [3.05, 3.63) is 71.9 Å². The molecule has 0 unspecified atom stereocenters. The summed E-state index contributed by atoms with van der Waals surface area (Å²) in [6.07, 6.45) is 3.67. The molecule has 0 atom stereocenters. The summed E-state index contributed by atoms with van der Waals surface area (Å²) in [5.74, 6) is -0.957. The highest BCUT2D eigenvalue weighted by Gasteiger charge is 2.18. The molecule has 2 heterocycles. The van der Waals surface area contributed by atoms with Crippen LogP contribution in [0, 0.1) is 11.6 Å². The van der Waals surface area contributed by atoms with Crippen LogP contribution in [0.5, 0.6) is 0 Å². The Labute approximate surface area is 174 Å². The number of piperidine rings is 1. The zero-order valence-electron chi connectivity index (χ0n) is 16.7. The van der Waals surface area contributed by atoms with Gasteiger partial charge in [-0.2, -0.15) is 5.10 Å². The number of benzene rings is 2. The van der Waals surface area contributed by atoms with E-state index in [1.165, 1.54) is 48.2 Å². The first-order valence-corrected chi connectivity index (χ1v) is 10.2. The standard InChI is InChI=1S/C23H24F2N4O/c24-18-6-4-17(5-7-18)21-16-22(29(27-21)20-10-8-19(25)9-11-20)23(30)26-12-15-28-13-2-1-3-14-28/h4-11,16H,1-3,12-15H2,(H,26,30). The number of rotatable bonds is 6. The summed E-state index contributed by atoms with van der Waals surface area (Å²) in [4.78, 5) is 15.3. The van der Waals surface area contributed by atoms with E-state index < -0.39 is 0 Å². The normalized spacial score (nSPS) is 14.6. The molecule has 1 aliphatic heterocycles. The summed E-state index contributed by atoms with van der Waals surface area (Å²) in [5, 5.41) is 7.50. The second-order valence-electron chi connectivity index (χ2n) is 7.47. The molecule has 0 saturated carbocycles. The second kappa shape index (κ2) is 9.17. The van der Waals surface area contributed by atoms with E-state index >= 15 is 0 Å². The summed E-state index contributed by atoms with van der Waals surface area (Å²) in [6.45, 7) is 3.48. The topological polar surface area (TPSA) is 50.2 Å². The minimum absolute atomic E-state index is 0.253. The number of amides is 1. The lowest BCUT2D eigenvalue weighted by molar-refractivity contribution is 0.0939. The first-order valence-electron chi connectivity index (χ1n) is 10.2. The van der Waals surface area contributed by atoms with Gasteiger partial charge in [-0.05, 0) is 80.5 Å². The van der Waals surface area contributed by atoms with Crippen LogP contribution in [-0.2, 0) is 0 Å². The van der Waals surface area contributed by atoms with Crippen molar-refractivity contribution in [2.75, 3.05) is 26.2 Å². The summed E-state index contributed by atoms with van der Waals surface area (Å²) in [6, 6.07) is 13.4. The molecule has 0 aliphatic carbocycles. The monoisotopic (exact) mass is 410 g/mol. The number of hydrogen-bond acceptors (Lipinski definition) is 3. The molecule has 1 aliphatic rings. The van der Waals surface area contributed by atoms with Gasteiger partial charge in [-0.3, -0.25) is 4.79 Å². The van der Waals surface area contributed by atoms with E-state index in [1.54, 1.807) is 30.3 Å². The third kappa shape index (κ3) is 4.74. The van der Waals surface area contributed by atoms with Crippen LogP contribution in [0.25, 0.3) is 16.9 Å². The summed E-state index contributed by atoms with van der Waals surface area (Å²) in [7, 11) is 0. The molecule has 7 heteroatoms. The highest BCUT2D eigenvalue weighted by Crippen LogP contribution is 2.22. The smallest absolute Gasteiger partial charge is 0.270 e. The highest BCUT2D eigenvalue weighted by atomic mass is 19.1. The molecule has 1 N–H and O–H groups in total. The van der Waals surface area contributed by atoms with Crippen LogP contribution in [0.4, 0.5) is 8.78 Å². The fourth-order valence-electron chi connectivity index (χ4n) is 3.68. The minimum atomic E-state index is -0.364. The van der Waals surface area contributed by atoms with E-state index in [0.717, 1.165) is 19.6 Å². The fraction of sp³-hybridized carbons (Fsp3) is 0.304. The van der Waals surface area contributed by atoms with Gasteiger partial charge in [0.15, 0.2) is 0 Å². The first kappa shape index (κ1) is 20.2. The summed E-state index contributed by atoms with van der Waals surface area (Å²) < 4.78 is 28.1. The lowest BCUT2D eigenvalue weighted by atomic mass is 10.1. The third-order valence-corrected chi connectivity index (χ3v) is 5.32. The van der Waals surface area contributed by atoms with Crippen molar-refractivity contribution >= 4 is 5.91 Å². The Morgan fingerprint density at radius 1 is 0.933 bits per heavy atom. The van der Waals surface area contributed by atoms with Gasteiger partial charge in [0.05, 0.1) is 11.4 Å². The lowest BCUT2D eigenvalue weighted by Gasteiger charge is -2.26. The van der Waals surface area contributed by atoms with E-state index in [-0.39, 0.29) is 17.5 Å². The molecule has 0 spiro atoms. The molecule has 1 fully saturated rings. The minimum Gasteiger partial charge on any atom is -0.349 e. The zero-order valence-corrected chi connectivity index (χ0v) is 16.7. The number of halogens is 2. The van der Waals surface area contributed by atoms with Gasteiger partial charge in [-0.25, -0.2) is 13.5 Å². The summed E-state index contributed by atoms with van der Waals surface area (Å²) >= 11 is 0. The van der Waals surface area contributed by atoms with Crippen LogP contribution >= 0.6 is 0 Å². The van der Waals surface area contributed by atoms with E-state index in [1.807, 2.05) is 0 Å². The van der Waals surface area contributed by atoms with Gasteiger partial charge in [0.2, 0.25) is 0 Å².